The van der Waals surface area contributed by atoms with Crippen LogP contribution in [0.1, 0.15) is 24.0 Å². The van der Waals surface area contributed by atoms with Crippen LogP contribution in [-0.2, 0) is 20.5 Å². The van der Waals surface area contributed by atoms with Gasteiger partial charge in [-0.05, 0) is 36.6 Å². The summed E-state index contributed by atoms with van der Waals surface area (Å²) in [5, 5.41) is 0. The Morgan fingerprint density at radius 1 is 1.22 bits per heavy atom. The zero-order valence-corrected chi connectivity index (χ0v) is 12.3. The normalized spacial score (nSPS) is 15.2. The maximum absolute atomic E-state index is 12.6. The number of halogens is 3. The van der Waals surface area contributed by atoms with Crippen molar-refractivity contribution in [2.24, 2.45) is 0 Å². The number of likely N-dealkylation sites (tertiary alicyclic amines) is 1. The number of benzene rings is 1. The summed E-state index contributed by atoms with van der Waals surface area (Å²) in [5.74, 6) is -1.03. The summed E-state index contributed by atoms with van der Waals surface area (Å²) in [5.41, 5.74) is -0.570. The lowest BCUT2D eigenvalue weighted by atomic mass is 10.1. The fourth-order valence-electron chi connectivity index (χ4n) is 2.22. The van der Waals surface area contributed by atoms with Crippen molar-refractivity contribution in [2.45, 2.75) is 19.0 Å². The Kier molecular flexibility index (Phi) is 5.41. The van der Waals surface area contributed by atoms with E-state index in [1.807, 2.05) is 0 Å². The van der Waals surface area contributed by atoms with Crippen LogP contribution in [0.5, 0.6) is 0 Å². The Morgan fingerprint density at radius 3 is 2.57 bits per heavy atom. The predicted molar refractivity (Wildman–Crippen MR) is 77.3 cm³/mol. The topological polar surface area (TPSA) is 46.6 Å². The highest BCUT2D eigenvalue weighted by Gasteiger charge is 2.30. The van der Waals surface area contributed by atoms with E-state index >= 15 is 0 Å². The molecule has 0 bridgehead atoms. The minimum absolute atomic E-state index is 0.225. The molecule has 1 amide bonds. The number of esters is 1. The molecule has 7 heteroatoms. The molecule has 0 aromatic heterocycles. The summed E-state index contributed by atoms with van der Waals surface area (Å²) in [6.45, 7) is 0.971. The molecule has 1 aliphatic rings. The van der Waals surface area contributed by atoms with Crippen LogP contribution in [0.3, 0.4) is 0 Å². The molecule has 1 saturated heterocycles. The van der Waals surface area contributed by atoms with E-state index in [2.05, 4.69) is 0 Å². The molecule has 0 atom stereocenters. The van der Waals surface area contributed by atoms with Crippen molar-refractivity contribution in [3.05, 3.63) is 41.5 Å². The van der Waals surface area contributed by atoms with E-state index in [1.165, 1.54) is 18.2 Å². The van der Waals surface area contributed by atoms with Crippen molar-refractivity contribution >= 4 is 18.0 Å². The lowest BCUT2D eigenvalue weighted by Gasteiger charge is -2.14. The molecule has 0 unspecified atom stereocenters. The van der Waals surface area contributed by atoms with Crippen LogP contribution in [0.15, 0.2) is 30.3 Å². The zero-order chi connectivity index (χ0) is 16.9. The maximum Gasteiger partial charge on any atom is 0.416 e. The third kappa shape index (κ3) is 5.12. The third-order valence-electron chi connectivity index (χ3n) is 3.42. The molecule has 0 spiro atoms. The molecule has 0 radical (unpaired) electrons. The molecule has 1 aromatic rings. The molecule has 1 aromatic carbocycles. The molecule has 1 heterocycles. The van der Waals surface area contributed by atoms with Crippen molar-refractivity contribution in [1.29, 1.82) is 0 Å². The third-order valence-corrected chi connectivity index (χ3v) is 3.42. The van der Waals surface area contributed by atoms with E-state index in [9.17, 15) is 22.8 Å². The first-order valence-corrected chi connectivity index (χ1v) is 7.16. The number of carbonyl (C=O) groups is 2. The molecular formula is C16H16F3NO3. The van der Waals surface area contributed by atoms with Crippen LogP contribution in [-0.4, -0.2) is 36.5 Å². The molecule has 124 valence electrons. The molecule has 1 fully saturated rings. The standard InChI is InChI=1S/C16H16F3NO3/c17-16(18,19)13-5-3-4-12(10-13)6-7-15(22)23-11-14(21)20-8-1-2-9-20/h3-7,10H,1-2,8-9,11H2. The first kappa shape index (κ1) is 17.1. The second kappa shape index (κ2) is 7.30. The molecule has 0 N–H and O–H groups in total. The summed E-state index contributed by atoms with van der Waals surface area (Å²) in [7, 11) is 0. The van der Waals surface area contributed by atoms with Crippen LogP contribution in [0.2, 0.25) is 0 Å². The van der Waals surface area contributed by atoms with Gasteiger partial charge in [-0.2, -0.15) is 13.2 Å². The number of nitrogens with zero attached hydrogens (tertiary/aromatic N) is 1. The van der Waals surface area contributed by atoms with Gasteiger partial charge < -0.3 is 9.64 Å². The molecule has 2 rings (SSSR count). The van der Waals surface area contributed by atoms with Crippen molar-refractivity contribution in [1.82, 2.24) is 4.90 Å². The van der Waals surface area contributed by atoms with Crippen molar-refractivity contribution in [3.63, 3.8) is 0 Å². The van der Waals surface area contributed by atoms with Gasteiger partial charge in [0, 0.05) is 19.2 Å². The average Bonchev–Trinajstić information content (AvgIpc) is 3.04. The summed E-state index contributed by atoms with van der Waals surface area (Å²) in [6, 6.07) is 4.57. The fraction of sp³-hybridized carbons (Fsp3) is 0.375. The highest BCUT2D eigenvalue weighted by atomic mass is 19.4. The Bertz CT molecular complexity index is 605. The number of alkyl halides is 3. The molecule has 0 aliphatic carbocycles. The Morgan fingerprint density at radius 2 is 1.91 bits per heavy atom. The average molecular weight is 327 g/mol. The van der Waals surface area contributed by atoms with Gasteiger partial charge in [0.15, 0.2) is 6.61 Å². The highest BCUT2D eigenvalue weighted by Crippen LogP contribution is 2.29. The minimum atomic E-state index is -4.44. The first-order valence-electron chi connectivity index (χ1n) is 7.16. The van der Waals surface area contributed by atoms with Gasteiger partial charge in [0.05, 0.1) is 5.56 Å². The number of hydrogen-bond acceptors (Lipinski definition) is 3. The molecule has 1 aliphatic heterocycles. The van der Waals surface area contributed by atoms with Crippen LogP contribution >= 0.6 is 0 Å². The van der Waals surface area contributed by atoms with Crippen LogP contribution in [0.4, 0.5) is 13.2 Å². The second-order valence-corrected chi connectivity index (χ2v) is 5.15. The number of ether oxygens (including phenoxy) is 1. The quantitative estimate of drug-likeness (QED) is 0.631. The van der Waals surface area contributed by atoms with Crippen molar-refractivity contribution < 1.29 is 27.5 Å². The molecule has 4 nitrogen and oxygen atoms in total. The van der Waals surface area contributed by atoms with Crippen molar-refractivity contribution in [3.8, 4) is 0 Å². The Balaban J connectivity index is 1.87. The molecule has 23 heavy (non-hydrogen) atoms. The lowest BCUT2D eigenvalue weighted by molar-refractivity contribution is -0.147. The molecular weight excluding hydrogens is 311 g/mol. The highest BCUT2D eigenvalue weighted by molar-refractivity contribution is 5.89. The second-order valence-electron chi connectivity index (χ2n) is 5.15. The summed E-state index contributed by atoms with van der Waals surface area (Å²) < 4.78 is 42.5. The van der Waals surface area contributed by atoms with E-state index in [1.54, 1.807) is 4.90 Å². The van der Waals surface area contributed by atoms with Crippen molar-refractivity contribution in [2.75, 3.05) is 19.7 Å². The van der Waals surface area contributed by atoms with E-state index < -0.39 is 17.7 Å². The first-order chi connectivity index (χ1) is 10.9. The maximum atomic E-state index is 12.6. The fourth-order valence-corrected chi connectivity index (χ4v) is 2.22. The van der Waals surface area contributed by atoms with Gasteiger partial charge in [0.25, 0.3) is 5.91 Å². The summed E-state index contributed by atoms with van der Waals surface area (Å²) in [6.07, 6.45) is -0.332. The van der Waals surface area contributed by atoms with Crippen LogP contribution < -0.4 is 0 Å². The van der Waals surface area contributed by atoms with E-state index in [4.69, 9.17) is 4.74 Å². The van der Waals surface area contributed by atoms with Gasteiger partial charge in [-0.3, -0.25) is 4.79 Å². The van der Waals surface area contributed by atoms with Gasteiger partial charge in [-0.1, -0.05) is 12.1 Å². The summed E-state index contributed by atoms with van der Waals surface area (Å²) in [4.78, 5) is 24.8. The number of hydrogen-bond donors (Lipinski definition) is 0. The zero-order valence-electron chi connectivity index (χ0n) is 12.3. The van der Waals surface area contributed by atoms with E-state index in [0.29, 0.717) is 13.1 Å². The Labute approximate surface area is 131 Å². The smallest absolute Gasteiger partial charge is 0.416 e. The monoisotopic (exact) mass is 327 g/mol. The van der Waals surface area contributed by atoms with E-state index in [-0.39, 0.29) is 18.1 Å². The lowest BCUT2D eigenvalue weighted by Crippen LogP contribution is -2.31. The number of rotatable bonds is 4. The molecule has 0 saturated carbocycles. The predicted octanol–water partition coefficient (Wildman–Crippen LogP) is 2.88. The van der Waals surface area contributed by atoms with Crippen LogP contribution in [0, 0.1) is 0 Å². The van der Waals surface area contributed by atoms with Crippen LogP contribution in [0.25, 0.3) is 6.08 Å². The van der Waals surface area contributed by atoms with Gasteiger partial charge in [0.1, 0.15) is 0 Å². The largest absolute Gasteiger partial charge is 0.452 e. The van der Waals surface area contributed by atoms with Gasteiger partial charge in [0.2, 0.25) is 0 Å². The van der Waals surface area contributed by atoms with Gasteiger partial charge >= 0.3 is 12.1 Å². The van der Waals surface area contributed by atoms with E-state index in [0.717, 1.165) is 31.1 Å². The number of carbonyl (C=O) groups excluding carboxylic acids is 2. The SMILES string of the molecule is O=C(C=Cc1cccc(C(F)(F)F)c1)OCC(=O)N1CCCC1. The number of amides is 1. The minimum Gasteiger partial charge on any atom is -0.452 e. The summed E-state index contributed by atoms with van der Waals surface area (Å²) >= 11 is 0. The van der Waals surface area contributed by atoms with Gasteiger partial charge in [-0.15, -0.1) is 0 Å². The Hall–Kier alpha value is -2.31. The van der Waals surface area contributed by atoms with Gasteiger partial charge in [-0.25, -0.2) is 4.79 Å².